The molecule has 0 heterocycles. The number of methoxy groups -OCH3 is 1. The summed E-state index contributed by atoms with van der Waals surface area (Å²) in [6, 6.07) is 0. The molecule has 0 aromatic carbocycles. The Morgan fingerprint density at radius 1 is 0.761 bits per heavy atom. The fourth-order valence-corrected chi connectivity index (χ4v) is 6.35. The Hall–Kier alpha value is -0.825. The van der Waals surface area contributed by atoms with Gasteiger partial charge in [-0.05, 0) is 83.3 Å². The summed E-state index contributed by atoms with van der Waals surface area (Å²) in [5.41, 5.74) is -3.46. The minimum atomic E-state index is -3.89. The van der Waals surface area contributed by atoms with Crippen molar-refractivity contribution in [2.75, 3.05) is 46.6 Å². The number of carbonyl (C=O) groups excluding carboxylic acids is 1. The highest BCUT2D eigenvalue weighted by Gasteiger charge is 2.56. The fraction of sp³-hybridized carbons (Fsp3) is 0.971. The van der Waals surface area contributed by atoms with Gasteiger partial charge in [-0.25, -0.2) is 0 Å². The Morgan fingerprint density at radius 3 is 1.87 bits per heavy atom. The van der Waals surface area contributed by atoms with Crippen LogP contribution in [-0.2, 0) is 14.3 Å². The Balaban J connectivity index is 2.41. The Kier molecular flexibility index (Phi) is 22.8. The summed E-state index contributed by atoms with van der Waals surface area (Å²) in [6.45, 7) is 4.61. The van der Waals surface area contributed by atoms with Gasteiger partial charge in [-0.1, -0.05) is 70.6 Å². The van der Waals surface area contributed by atoms with Gasteiger partial charge in [-0.2, -0.15) is 0 Å². The number of hydrogen-bond acceptors (Lipinski definition) is 11. The highest BCUT2D eigenvalue weighted by Crippen LogP contribution is 2.33. The van der Waals surface area contributed by atoms with E-state index in [1.165, 1.54) is 38.5 Å². The van der Waals surface area contributed by atoms with Crippen LogP contribution in [0.1, 0.15) is 135 Å². The lowest BCUT2D eigenvalue weighted by molar-refractivity contribution is -0.423. The number of nitrogens with zero attached hydrogens (tertiary/aromatic N) is 1. The Morgan fingerprint density at radius 2 is 1.30 bits per heavy atom. The third kappa shape index (κ3) is 18.1. The molecule has 0 aliphatic heterocycles. The highest BCUT2D eigenvalue weighted by atomic mass is 16.7. The van der Waals surface area contributed by atoms with Crippen LogP contribution in [0.25, 0.3) is 0 Å². The first kappa shape index (κ1) is 43.2. The molecular formula is C34H66BNO10. The zero-order chi connectivity index (χ0) is 34.3. The second-order valence-corrected chi connectivity index (χ2v) is 13.5. The van der Waals surface area contributed by atoms with Gasteiger partial charge in [0.25, 0.3) is 0 Å². The van der Waals surface area contributed by atoms with Gasteiger partial charge in [0, 0.05) is 26.7 Å². The first-order chi connectivity index (χ1) is 21.9. The van der Waals surface area contributed by atoms with E-state index in [1.54, 1.807) is 7.11 Å². The number of ether oxygens (including phenoxy) is 2. The van der Waals surface area contributed by atoms with Gasteiger partial charge in [0.2, 0.25) is 0 Å². The van der Waals surface area contributed by atoms with Crippen LogP contribution in [0.2, 0.25) is 0 Å². The number of esters is 1. The van der Waals surface area contributed by atoms with Gasteiger partial charge in [-0.3, -0.25) is 4.79 Å². The van der Waals surface area contributed by atoms with Crippen LogP contribution in [0.15, 0.2) is 0 Å². The zero-order valence-corrected chi connectivity index (χ0v) is 28.6. The predicted octanol–water partition coefficient (Wildman–Crippen LogP) is 3.08. The summed E-state index contributed by atoms with van der Waals surface area (Å²) < 4.78 is 10.9. The van der Waals surface area contributed by atoms with Crippen LogP contribution in [-0.4, -0.2) is 118 Å². The quantitative estimate of drug-likeness (QED) is 0.0272. The second kappa shape index (κ2) is 24.3. The lowest BCUT2D eigenvalue weighted by Gasteiger charge is -2.42. The molecule has 0 saturated heterocycles. The van der Waals surface area contributed by atoms with E-state index in [0.29, 0.717) is 31.8 Å². The monoisotopic (exact) mass is 659 g/mol. The minimum Gasteiger partial charge on any atom is -0.465 e. The molecule has 0 spiro atoms. The molecule has 0 amide bonds. The highest BCUT2D eigenvalue weighted by molar-refractivity contribution is 6.15. The minimum absolute atomic E-state index is 0.168. The van der Waals surface area contributed by atoms with Crippen molar-refractivity contribution in [3.8, 4) is 0 Å². The molecule has 0 bridgehead atoms. The zero-order valence-electron chi connectivity index (χ0n) is 28.6. The molecule has 46 heavy (non-hydrogen) atoms. The van der Waals surface area contributed by atoms with Crippen LogP contribution in [0.3, 0.4) is 0 Å². The molecule has 2 radical (unpaired) electrons. The van der Waals surface area contributed by atoms with E-state index in [4.69, 9.17) is 22.4 Å². The molecule has 1 aliphatic carbocycles. The van der Waals surface area contributed by atoms with Gasteiger partial charge in [0.1, 0.15) is 7.85 Å². The number of carbonyl (C=O) groups is 1. The number of unbranched alkanes of at least 4 members (excludes halogenated alkanes) is 9. The molecule has 0 aromatic heterocycles. The van der Waals surface area contributed by atoms with Gasteiger partial charge < -0.3 is 50.1 Å². The van der Waals surface area contributed by atoms with Gasteiger partial charge in [0.15, 0.2) is 11.3 Å². The van der Waals surface area contributed by atoms with E-state index in [2.05, 4.69) is 4.90 Å². The summed E-state index contributed by atoms with van der Waals surface area (Å²) in [6.07, 6.45) is 18.5. The van der Waals surface area contributed by atoms with E-state index in [-0.39, 0.29) is 24.9 Å². The first-order valence-electron chi connectivity index (χ1n) is 18.0. The standard InChI is InChI=1S/C34H66BNO10/c1-45-26-16-4-2-12-22-36(24-14-15-25-37)23-13-3-5-17-27-46-31(38)30(28-29-18-8-6-9-19-29)20-10-7-11-21-32(39,40)33(35,41)34(42,43)44/h29-30,37,39-44H,2-28H2,1H3. The van der Waals surface area contributed by atoms with Crippen molar-refractivity contribution in [1.82, 2.24) is 4.90 Å². The van der Waals surface area contributed by atoms with Crippen molar-refractivity contribution < 1.29 is 50.0 Å². The van der Waals surface area contributed by atoms with Crippen molar-refractivity contribution in [1.29, 1.82) is 0 Å². The summed E-state index contributed by atoms with van der Waals surface area (Å²) >= 11 is 0. The summed E-state index contributed by atoms with van der Waals surface area (Å²) in [5, 5.41) is 66.5. The predicted molar refractivity (Wildman–Crippen MR) is 178 cm³/mol. The Labute approximate surface area is 279 Å². The van der Waals surface area contributed by atoms with Crippen LogP contribution in [0.5, 0.6) is 0 Å². The summed E-state index contributed by atoms with van der Waals surface area (Å²) in [7, 11) is 6.91. The molecular weight excluding hydrogens is 593 g/mol. The van der Waals surface area contributed by atoms with Crippen LogP contribution in [0.4, 0.5) is 0 Å². The van der Waals surface area contributed by atoms with Crippen molar-refractivity contribution in [3.05, 3.63) is 0 Å². The molecule has 1 rings (SSSR count). The second-order valence-electron chi connectivity index (χ2n) is 13.5. The van der Waals surface area contributed by atoms with Gasteiger partial charge >= 0.3 is 11.9 Å². The van der Waals surface area contributed by atoms with E-state index in [0.717, 1.165) is 90.4 Å². The van der Waals surface area contributed by atoms with E-state index in [9.17, 15) is 35.4 Å². The first-order valence-corrected chi connectivity index (χ1v) is 18.0. The SMILES string of the molecule is [B]C(O)(C(O)(O)O)C(O)(O)CCCCCC(CC1CCCCC1)C(=O)OCCCCCCN(CCCCO)CCCCCCOC. The average Bonchev–Trinajstić information content (AvgIpc) is 3.00. The lowest BCUT2D eigenvalue weighted by Crippen LogP contribution is -2.68. The maximum absolute atomic E-state index is 13.1. The third-order valence-corrected chi connectivity index (χ3v) is 9.44. The Bertz CT molecular complexity index is 759. The summed E-state index contributed by atoms with van der Waals surface area (Å²) in [4.78, 5) is 15.6. The molecule has 2 unspecified atom stereocenters. The van der Waals surface area contributed by atoms with E-state index in [1.807, 2.05) is 0 Å². The van der Waals surface area contributed by atoms with Crippen LogP contribution >= 0.6 is 0 Å². The molecule has 1 fully saturated rings. The van der Waals surface area contributed by atoms with Gasteiger partial charge in [-0.15, -0.1) is 0 Å². The van der Waals surface area contributed by atoms with E-state index >= 15 is 0 Å². The maximum Gasteiger partial charge on any atom is 0.308 e. The fourth-order valence-electron chi connectivity index (χ4n) is 6.35. The largest absolute Gasteiger partial charge is 0.465 e. The number of rotatable bonds is 29. The number of aliphatic hydroxyl groups excluding tert-OH is 1. The summed E-state index contributed by atoms with van der Waals surface area (Å²) in [5.74, 6) is -6.93. The van der Waals surface area contributed by atoms with Crippen molar-refractivity contribution in [3.63, 3.8) is 0 Å². The molecule has 2 atom stereocenters. The topological polar surface area (TPSA) is 180 Å². The van der Waals surface area contributed by atoms with Crippen molar-refractivity contribution in [2.45, 2.75) is 152 Å². The number of hydrogen-bond donors (Lipinski definition) is 7. The normalized spacial score (nSPS) is 16.9. The number of aliphatic hydroxyl groups is 7. The molecule has 1 aliphatic rings. The van der Waals surface area contributed by atoms with Crippen molar-refractivity contribution >= 4 is 13.8 Å². The van der Waals surface area contributed by atoms with Gasteiger partial charge in [0.05, 0.1) is 12.5 Å². The average molecular weight is 660 g/mol. The third-order valence-electron chi connectivity index (χ3n) is 9.44. The molecule has 270 valence electrons. The van der Waals surface area contributed by atoms with Crippen LogP contribution in [0, 0.1) is 11.8 Å². The molecule has 11 nitrogen and oxygen atoms in total. The molecule has 12 heteroatoms. The van der Waals surface area contributed by atoms with Crippen molar-refractivity contribution in [2.24, 2.45) is 11.8 Å². The molecule has 7 N–H and O–H groups in total. The van der Waals surface area contributed by atoms with Crippen LogP contribution < -0.4 is 0 Å². The smallest absolute Gasteiger partial charge is 0.308 e. The van der Waals surface area contributed by atoms with E-state index < -0.39 is 23.7 Å². The molecule has 0 aromatic rings. The lowest BCUT2D eigenvalue weighted by atomic mass is 9.70. The molecule has 1 saturated carbocycles. The maximum atomic E-state index is 13.1.